The Hall–Kier alpha value is -4.81. The predicted octanol–water partition coefficient (Wildman–Crippen LogP) is 7.69. The molecule has 0 bridgehead atoms. The second-order valence-corrected chi connectivity index (χ2v) is 12.6. The van der Waals surface area contributed by atoms with Crippen LogP contribution in [-0.4, -0.2) is 34.3 Å². The lowest BCUT2D eigenvalue weighted by atomic mass is 9.96. The van der Waals surface area contributed by atoms with Crippen molar-refractivity contribution in [2.75, 3.05) is 6.26 Å². The summed E-state index contributed by atoms with van der Waals surface area (Å²) >= 11 is 0. The first-order valence-electron chi connectivity index (χ1n) is 13.6. The maximum absolute atomic E-state index is 15.1. The molecule has 0 aliphatic heterocycles. The fraction of sp³-hybridized carbons (Fsp3) is 0.152. The van der Waals surface area contributed by atoms with Gasteiger partial charge in [-0.25, -0.2) is 22.8 Å². The molecule has 1 N–H and O–H groups in total. The number of aliphatic hydroxyl groups is 1. The molecular weight excluding hydrogens is 610 g/mol. The predicted molar refractivity (Wildman–Crippen MR) is 161 cm³/mol. The molecular formula is C33H25F4N3O4S. The minimum absolute atomic E-state index is 0.0569. The van der Waals surface area contributed by atoms with E-state index in [-0.39, 0.29) is 27.5 Å². The maximum atomic E-state index is 15.1. The lowest BCUT2D eigenvalue weighted by molar-refractivity contribution is -0.141. The van der Waals surface area contributed by atoms with Gasteiger partial charge in [-0.15, -0.1) is 0 Å². The average molecular weight is 636 g/mol. The van der Waals surface area contributed by atoms with Crippen LogP contribution < -0.4 is 0 Å². The Balaban J connectivity index is 1.63. The Morgan fingerprint density at radius 2 is 1.60 bits per heavy atom. The van der Waals surface area contributed by atoms with Gasteiger partial charge in [-0.05, 0) is 59.2 Å². The van der Waals surface area contributed by atoms with Gasteiger partial charge in [-0.1, -0.05) is 42.5 Å². The number of aromatic nitrogens is 3. The van der Waals surface area contributed by atoms with Gasteiger partial charge in [0.2, 0.25) is 0 Å². The number of alkyl halides is 3. The number of hydrogen-bond donors (Lipinski definition) is 1. The molecule has 4 aromatic carbocycles. The minimum Gasteiger partial charge on any atom is -0.440 e. The van der Waals surface area contributed by atoms with E-state index in [9.17, 15) is 26.7 Å². The van der Waals surface area contributed by atoms with E-state index in [1.165, 1.54) is 29.7 Å². The fourth-order valence-corrected chi connectivity index (χ4v) is 6.32. The fourth-order valence-electron chi connectivity index (χ4n) is 5.37. The van der Waals surface area contributed by atoms with Crippen molar-refractivity contribution in [3.63, 3.8) is 0 Å². The topological polar surface area (TPSA) is 98.2 Å². The van der Waals surface area contributed by atoms with Gasteiger partial charge in [0.05, 0.1) is 17.2 Å². The van der Waals surface area contributed by atoms with Gasteiger partial charge in [-0.2, -0.15) is 13.2 Å². The van der Waals surface area contributed by atoms with Gasteiger partial charge in [0, 0.05) is 36.1 Å². The standard InChI is InChI=1S/C33H25F4N3O4S/c1-18-38-30(33(35,36)37)16-40(18)28-11-10-22(24-14-27(34)26(17-41)29(15-24)45(3,42)43)13-25(28)31-32(44-19(2)39-31)23-9-8-20-6-4-5-7-21(20)12-23/h4-16,41H,17H2,1-3H3. The molecule has 0 fully saturated rings. The van der Waals surface area contributed by atoms with Crippen molar-refractivity contribution in [3.05, 3.63) is 108 Å². The number of halogens is 4. The number of imidazole rings is 1. The number of hydrogen-bond acceptors (Lipinski definition) is 6. The number of oxazole rings is 1. The average Bonchev–Trinajstić information content (AvgIpc) is 3.58. The number of sulfone groups is 1. The summed E-state index contributed by atoms with van der Waals surface area (Å²) in [5, 5.41) is 11.6. The van der Waals surface area contributed by atoms with Crippen LogP contribution in [0.3, 0.4) is 0 Å². The van der Waals surface area contributed by atoms with Crippen LogP contribution in [0.25, 0.3) is 50.2 Å². The highest BCUT2D eigenvalue weighted by Crippen LogP contribution is 2.40. The highest BCUT2D eigenvalue weighted by atomic mass is 32.2. The van der Waals surface area contributed by atoms with E-state index >= 15 is 4.39 Å². The van der Waals surface area contributed by atoms with Crippen LogP contribution in [0.15, 0.2) is 88.3 Å². The Morgan fingerprint density at radius 3 is 2.27 bits per heavy atom. The van der Waals surface area contributed by atoms with Crippen molar-refractivity contribution in [3.8, 4) is 39.4 Å². The first kappa shape index (κ1) is 30.2. The van der Waals surface area contributed by atoms with E-state index in [1.807, 2.05) is 42.5 Å². The molecule has 0 aliphatic rings. The molecule has 2 heterocycles. The molecule has 2 aromatic heterocycles. The summed E-state index contributed by atoms with van der Waals surface area (Å²) in [6.45, 7) is 2.25. The number of rotatable bonds is 6. The second-order valence-electron chi connectivity index (χ2n) is 10.6. The van der Waals surface area contributed by atoms with E-state index in [2.05, 4.69) is 9.97 Å². The molecule has 0 aliphatic carbocycles. The summed E-state index contributed by atoms with van der Waals surface area (Å²) < 4.78 is 88.4. The molecule has 12 heteroatoms. The molecule has 0 saturated carbocycles. The summed E-state index contributed by atoms with van der Waals surface area (Å²) in [5.41, 5.74) is 0.649. The van der Waals surface area contributed by atoms with Crippen molar-refractivity contribution in [2.45, 2.75) is 31.5 Å². The molecule has 0 unspecified atom stereocenters. The third-order valence-electron chi connectivity index (χ3n) is 7.48. The SMILES string of the molecule is Cc1nc(-c2cc(-c3cc(F)c(CO)c(S(C)(=O)=O)c3)ccc2-n2cc(C(F)(F)F)nc2C)c(-c2ccc3ccccc3c2)o1. The van der Waals surface area contributed by atoms with Gasteiger partial charge < -0.3 is 14.1 Å². The van der Waals surface area contributed by atoms with Gasteiger partial charge in [0.15, 0.2) is 27.2 Å². The number of fused-ring (bicyclic) bond motifs is 1. The molecule has 230 valence electrons. The summed E-state index contributed by atoms with van der Waals surface area (Å²) in [7, 11) is -3.93. The van der Waals surface area contributed by atoms with E-state index < -0.39 is 34.1 Å². The zero-order valence-electron chi connectivity index (χ0n) is 24.1. The minimum atomic E-state index is -4.69. The number of nitrogens with zero attached hydrogens (tertiary/aromatic N) is 3. The summed E-state index contributed by atoms with van der Waals surface area (Å²) in [6.07, 6.45) is -2.90. The van der Waals surface area contributed by atoms with Crippen LogP contribution in [0.2, 0.25) is 0 Å². The Kier molecular flexibility index (Phi) is 7.37. The normalized spacial score (nSPS) is 12.3. The van der Waals surface area contributed by atoms with Gasteiger partial charge in [-0.3, -0.25) is 0 Å². The van der Waals surface area contributed by atoms with Crippen molar-refractivity contribution >= 4 is 20.6 Å². The van der Waals surface area contributed by atoms with Crippen LogP contribution in [0.5, 0.6) is 0 Å². The summed E-state index contributed by atoms with van der Waals surface area (Å²) in [4.78, 5) is 7.96. The molecule has 0 radical (unpaired) electrons. The lowest BCUT2D eigenvalue weighted by Crippen LogP contribution is -2.06. The highest BCUT2D eigenvalue weighted by Gasteiger charge is 2.35. The van der Waals surface area contributed by atoms with Crippen LogP contribution in [0, 0.1) is 19.7 Å². The van der Waals surface area contributed by atoms with Crippen molar-refractivity contribution in [1.82, 2.24) is 14.5 Å². The van der Waals surface area contributed by atoms with Crippen molar-refractivity contribution in [1.29, 1.82) is 0 Å². The lowest BCUT2D eigenvalue weighted by Gasteiger charge is -2.15. The second kappa shape index (κ2) is 11.0. The quantitative estimate of drug-likeness (QED) is 0.189. The van der Waals surface area contributed by atoms with Crippen LogP contribution in [-0.2, 0) is 22.6 Å². The number of benzene rings is 4. The van der Waals surface area contributed by atoms with Crippen molar-refractivity contribution in [2.24, 2.45) is 0 Å². The summed E-state index contributed by atoms with van der Waals surface area (Å²) in [6, 6.07) is 20.4. The van der Waals surface area contributed by atoms with Gasteiger partial charge in [0.1, 0.15) is 17.3 Å². The molecule has 7 nitrogen and oxygen atoms in total. The van der Waals surface area contributed by atoms with Gasteiger partial charge in [0.25, 0.3) is 0 Å². The summed E-state index contributed by atoms with van der Waals surface area (Å²) in [5.74, 6) is -0.221. The molecule has 45 heavy (non-hydrogen) atoms. The maximum Gasteiger partial charge on any atom is 0.434 e. The Morgan fingerprint density at radius 1 is 0.889 bits per heavy atom. The Labute approximate surface area is 255 Å². The molecule has 0 atom stereocenters. The number of aliphatic hydroxyl groups excluding tert-OH is 1. The molecule has 6 aromatic rings. The van der Waals surface area contributed by atoms with E-state index in [4.69, 9.17) is 4.42 Å². The highest BCUT2D eigenvalue weighted by molar-refractivity contribution is 7.90. The first-order chi connectivity index (χ1) is 21.2. The van der Waals surface area contributed by atoms with Gasteiger partial charge >= 0.3 is 6.18 Å². The van der Waals surface area contributed by atoms with E-state index in [1.54, 1.807) is 13.0 Å². The van der Waals surface area contributed by atoms with Crippen LogP contribution >= 0.6 is 0 Å². The largest absolute Gasteiger partial charge is 0.440 e. The van der Waals surface area contributed by atoms with Crippen molar-refractivity contribution < 1.29 is 35.5 Å². The Bertz CT molecular complexity index is 2220. The third kappa shape index (κ3) is 5.62. The first-order valence-corrected chi connectivity index (χ1v) is 15.5. The molecule has 0 spiro atoms. The number of aryl methyl sites for hydroxylation is 2. The third-order valence-corrected chi connectivity index (χ3v) is 8.64. The zero-order valence-corrected chi connectivity index (χ0v) is 25.0. The monoisotopic (exact) mass is 635 g/mol. The van der Waals surface area contributed by atoms with E-state index in [0.29, 0.717) is 34.0 Å². The van der Waals surface area contributed by atoms with Crippen LogP contribution in [0.4, 0.5) is 17.6 Å². The smallest absolute Gasteiger partial charge is 0.434 e. The molecule has 6 rings (SSSR count). The zero-order chi connectivity index (χ0) is 32.3. The molecule has 0 saturated heterocycles. The van der Waals surface area contributed by atoms with Crippen LogP contribution in [0.1, 0.15) is 23.0 Å². The van der Waals surface area contributed by atoms with E-state index in [0.717, 1.165) is 29.3 Å². The molecule has 0 amide bonds.